The molecule has 1 aliphatic rings. The topological polar surface area (TPSA) is 35.2 Å². The fourth-order valence-corrected chi connectivity index (χ4v) is 0.903. The average Bonchev–Trinajstić information content (AvgIpc) is 1.77. The number of rotatable bonds is 0. The van der Waals surface area contributed by atoms with E-state index < -0.39 is 0 Å². The van der Waals surface area contributed by atoms with Gasteiger partial charge in [0.25, 0.3) is 0 Å². The molecule has 48 valence electrons. The van der Waals surface area contributed by atoms with Crippen molar-refractivity contribution in [1.29, 1.82) is 0 Å². The number of hydrogen-bond acceptors (Lipinski definition) is 2. The van der Waals surface area contributed by atoms with Crippen molar-refractivity contribution in [1.82, 2.24) is 0 Å². The van der Waals surface area contributed by atoms with Crippen molar-refractivity contribution in [2.75, 3.05) is 6.61 Å². The maximum absolute atomic E-state index is 5.57. The Morgan fingerprint density at radius 3 is 2.62 bits per heavy atom. The highest BCUT2D eigenvalue weighted by atomic mass is 16.5. The van der Waals surface area contributed by atoms with Gasteiger partial charge in [0.1, 0.15) is 0 Å². The van der Waals surface area contributed by atoms with Crippen LogP contribution in [-0.4, -0.2) is 18.8 Å². The van der Waals surface area contributed by atoms with Crippen molar-refractivity contribution in [2.45, 2.75) is 31.9 Å². The molecular weight excluding hydrogens is 102 g/mol. The summed E-state index contributed by atoms with van der Waals surface area (Å²) in [4.78, 5) is 0. The summed E-state index contributed by atoms with van der Waals surface area (Å²) < 4.78 is 5.27. The minimum Gasteiger partial charge on any atom is -0.377 e. The predicted molar refractivity (Wildman–Crippen MR) is 32.6 cm³/mol. The van der Waals surface area contributed by atoms with Crippen molar-refractivity contribution in [3.8, 4) is 0 Å². The van der Waals surface area contributed by atoms with E-state index in [4.69, 9.17) is 10.5 Å². The van der Waals surface area contributed by atoms with E-state index in [-0.39, 0.29) is 0 Å². The van der Waals surface area contributed by atoms with Gasteiger partial charge in [-0.3, -0.25) is 0 Å². The molecule has 2 atom stereocenters. The molecule has 0 aliphatic carbocycles. The summed E-state index contributed by atoms with van der Waals surface area (Å²) in [6.07, 6.45) is 2.69. The summed E-state index contributed by atoms with van der Waals surface area (Å²) >= 11 is 0. The largest absolute Gasteiger partial charge is 0.377 e. The molecule has 0 aromatic carbocycles. The Bertz CT molecular complexity index is 56.9. The van der Waals surface area contributed by atoms with Crippen LogP contribution < -0.4 is 5.73 Å². The van der Waals surface area contributed by atoms with E-state index in [0.29, 0.717) is 12.1 Å². The van der Waals surface area contributed by atoms with Gasteiger partial charge in [0.2, 0.25) is 0 Å². The van der Waals surface area contributed by atoms with E-state index in [1.807, 2.05) is 0 Å². The van der Waals surface area contributed by atoms with Gasteiger partial charge in [-0.25, -0.2) is 0 Å². The lowest BCUT2D eigenvalue weighted by Gasteiger charge is -2.23. The highest BCUT2D eigenvalue weighted by Gasteiger charge is 2.13. The Labute approximate surface area is 50.0 Å². The first kappa shape index (κ1) is 6.05. The number of ether oxygens (including phenoxy) is 1. The third kappa shape index (κ3) is 1.46. The molecular formula is C6H13NO. The maximum Gasteiger partial charge on any atom is 0.0621 e. The van der Waals surface area contributed by atoms with Crippen molar-refractivity contribution in [3.63, 3.8) is 0 Å². The first-order chi connectivity index (χ1) is 3.79. The average molecular weight is 115 g/mol. The lowest BCUT2D eigenvalue weighted by atomic mass is 10.1. The van der Waals surface area contributed by atoms with Gasteiger partial charge in [-0.1, -0.05) is 0 Å². The molecule has 1 saturated heterocycles. The summed E-state index contributed by atoms with van der Waals surface area (Å²) in [5.74, 6) is 0. The molecule has 1 unspecified atom stereocenters. The third-order valence-electron chi connectivity index (χ3n) is 1.54. The fourth-order valence-electron chi connectivity index (χ4n) is 0.903. The van der Waals surface area contributed by atoms with Gasteiger partial charge < -0.3 is 10.5 Å². The van der Waals surface area contributed by atoms with Gasteiger partial charge in [0, 0.05) is 6.04 Å². The molecule has 2 N–H and O–H groups in total. The van der Waals surface area contributed by atoms with Crippen LogP contribution in [0.2, 0.25) is 0 Å². The highest BCUT2D eigenvalue weighted by Crippen LogP contribution is 2.10. The van der Waals surface area contributed by atoms with Crippen LogP contribution in [0.25, 0.3) is 0 Å². The van der Waals surface area contributed by atoms with Crippen molar-refractivity contribution in [2.24, 2.45) is 5.73 Å². The zero-order valence-electron chi connectivity index (χ0n) is 5.26. The van der Waals surface area contributed by atoms with E-state index in [9.17, 15) is 0 Å². The summed E-state index contributed by atoms with van der Waals surface area (Å²) in [5.41, 5.74) is 5.57. The molecule has 0 aromatic heterocycles. The van der Waals surface area contributed by atoms with Gasteiger partial charge >= 0.3 is 0 Å². The number of hydrogen-bond donors (Lipinski definition) is 1. The smallest absolute Gasteiger partial charge is 0.0621 e. The molecule has 0 amide bonds. The van der Waals surface area contributed by atoms with E-state index in [2.05, 4.69) is 6.92 Å². The van der Waals surface area contributed by atoms with Crippen LogP contribution in [0.3, 0.4) is 0 Å². The Balaban J connectivity index is 2.19. The van der Waals surface area contributed by atoms with E-state index >= 15 is 0 Å². The first-order valence-electron chi connectivity index (χ1n) is 3.16. The summed E-state index contributed by atoms with van der Waals surface area (Å²) in [6, 6.07) is 0.297. The third-order valence-corrected chi connectivity index (χ3v) is 1.54. The molecule has 0 spiro atoms. The maximum atomic E-state index is 5.57. The first-order valence-corrected chi connectivity index (χ1v) is 3.16. The van der Waals surface area contributed by atoms with Gasteiger partial charge in [0.05, 0.1) is 12.7 Å². The van der Waals surface area contributed by atoms with E-state index in [1.165, 1.54) is 0 Å². The van der Waals surface area contributed by atoms with Gasteiger partial charge in [-0.15, -0.1) is 0 Å². The van der Waals surface area contributed by atoms with Crippen molar-refractivity contribution >= 4 is 0 Å². The second-order valence-electron chi connectivity index (χ2n) is 2.48. The van der Waals surface area contributed by atoms with Crippen LogP contribution in [0.1, 0.15) is 19.8 Å². The Morgan fingerprint density at radius 1 is 1.50 bits per heavy atom. The van der Waals surface area contributed by atoms with Gasteiger partial charge in [-0.2, -0.15) is 0 Å². The second-order valence-corrected chi connectivity index (χ2v) is 2.48. The van der Waals surface area contributed by atoms with Crippen LogP contribution in [0, 0.1) is 0 Å². The van der Waals surface area contributed by atoms with Crippen LogP contribution in [0.4, 0.5) is 0 Å². The number of nitrogens with two attached hydrogens (primary N) is 1. The Hall–Kier alpha value is -0.0800. The zero-order valence-corrected chi connectivity index (χ0v) is 5.26. The molecule has 2 heteroatoms. The van der Waals surface area contributed by atoms with Crippen molar-refractivity contribution in [3.05, 3.63) is 0 Å². The molecule has 1 aliphatic heterocycles. The highest BCUT2D eigenvalue weighted by molar-refractivity contribution is 4.68. The SMILES string of the molecule is C[C@H]1CCC(N)CO1. The summed E-state index contributed by atoms with van der Waals surface area (Å²) in [6.45, 7) is 2.84. The van der Waals surface area contributed by atoms with Gasteiger partial charge in [-0.05, 0) is 19.8 Å². The summed E-state index contributed by atoms with van der Waals surface area (Å²) in [5, 5.41) is 0. The molecule has 2 nitrogen and oxygen atoms in total. The van der Waals surface area contributed by atoms with Crippen LogP contribution in [-0.2, 0) is 4.74 Å². The minimum absolute atomic E-state index is 0.297. The molecule has 8 heavy (non-hydrogen) atoms. The fraction of sp³-hybridized carbons (Fsp3) is 1.00. The summed E-state index contributed by atoms with van der Waals surface area (Å²) in [7, 11) is 0. The van der Waals surface area contributed by atoms with Crippen LogP contribution in [0.5, 0.6) is 0 Å². The normalized spacial score (nSPS) is 39.8. The molecule has 0 bridgehead atoms. The van der Waals surface area contributed by atoms with Crippen molar-refractivity contribution < 1.29 is 4.74 Å². The lowest BCUT2D eigenvalue weighted by Crippen LogP contribution is -2.34. The Kier molecular flexibility index (Phi) is 1.86. The second kappa shape index (κ2) is 2.46. The van der Waals surface area contributed by atoms with E-state index in [1.54, 1.807) is 0 Å². The molecule has 1 rings (SSSR count). The zero-order chi connectivity index (χ0) is 5.98. The lowest BCUT2D eigenvalue weighted by molar-refractivity contribution is 0.0172. The molecule has 0 radical (unpaired) electrons. The molecule has 0 aromatic rings. The van der Waals surface area contributed by atoms with E-state index in [0.717, 1.165) is 19.4 Å². The predicted octanol–water partition coefficient (Wildman–Crippen LogP) is 0.513. The molecule has 1 fully saturated rings. The molecule has 1 heterocycles. The van der Waals surface area contributed by atoms with Crippen LogP contribution in [0.15, 0.2) is 0 Å². The quantitative estimate of drug-likeness (QED) is 0.499. The Morgan fingerprint density at radius 2 is 2.25 bits per heavy atom. The van der Waals surface area contributed by atoms with Crippen LogP contribution >= 0.6 is 0 Å². The monoisotopic (exact) mass is 115 g/mol. The standard InChI is InChI=1S/C6H13NO/c1-5-2-3-6(7)4-8-5/h5-6H,2-4,7H2,1H3/t5-,6?/m0/s1. The van der Waals surface area contributed by atoms with Gasteiger partial charge in [0.15, 0.2) is 0 Å². The minimum atomic E-state index is 0.297. The molecule has 0 saturated carbocycles.